The van der Waals surface area contributed by atoms with Crippen molar-refractivity contribution in [3.8, 4) is 33.1 Å². The molecule has 3 aromatic heterocycles. The first-order valence-corrected chi connectivity index (χ1v) is 29.5. The van der Waals surface area contributed by atoms with Gasteiger partial charge in [0, 0.05) is 43.6 Å². The van der Waals surface area contributed by atoms with Crippen LogP contribution in [0.2, 0.25) is 0 Å². The number of alkyl halides is 3. The van der Waals surface area contributed by atoms with Gasteiger partial charge >= 0.3 is 12.1 Å². The Kier molecular flexibility index (Phi) is 17.2. The van der Waals surface area contributed by atoms with Crippen molar-refractivity contribution in [3.05, 3.63) is 172 Å². The van der Waals surface area contributed by atoms with Gasteiger partial charge in [0.05, 0.1) is 44.4 Å². The first kappa shape index (κ1) is 59.6. The van der Waals surface area contributed by atoms with E-state index in [9.17, 15) is 47.4 Å². The van der Waals surface area contributed by atoms with E-state index in [1.54, 1.807) is 76.5 Å². The Morgan fingerprint density at radius 1 is 0.847 bits per heavy atom. The number of carboxylic acid groups (broad SMARTS) is 1. The van der Waals surface area contributed by atoms with E-state index in [0.29, 0.717) is 58.5 Å². The topological polar surface area (TPSA) is 216 Å². The minimum atomic E-state index is -4.81. The number of aromatic carboxylic acids is 1. The van der Waals surface area contributed by atoms with Gasteiger partial charge in [-0.25, -0.2) is 19.7 Å². The summed E-state index contributed by atoms with van der Waals surface area (Å²) in [5, 5.41) is 30.2. The second-order valence-corrected chi connectivity index (χ2v) is 24.5. The first-order valence-electron chi connectivity index (χ1n) is 27.8. The van der Waals surface area contributed by atoms with Crippen molar-refractivity contribution >= 4 is 73.4 Å². The summed E-state index contributed by atoms with van der Waals surface area (Å²) in [5.74, 6) is -4.88. The normalized spacial score (nSPS) is 16.3. The standard InChI is InChI=1S/C64H63F3N8O8S2/c1-35-45(46-25-26-53(71-55(46)61(81)82)74-28-27-40-11-9-13-47(48(40)33-74)58(78)73-62-70-49-14-7-8-16-52(49)85-62)12-10-15-51(35)83-44-23-17-38(18-24-44)29-42(64(65,66)67)30-54(77)72-57(63(4,5)6)60(80)75-32-43(76)31-50(75)59(79)69-36(2)39-19-21-41(22-20-39)56-37(3)68-34-84-56/h7-26,34,36,42-43,50,57,76H,27-33H2,1-6H3,(H,69,79)(H,72,77)(H,81,82)(H,70,73,78)/t36-,42?,43+,50-,57?/m0/s1. The van der Waals surface area contributed by atoms with Crippen molar-refractivity contribution in [3.63, 3.8) is 0 Å². The molecule has 85 heavy (non-hydrogen) atoms. The molecule has 1 fully saturated rings. The van der Waals surface area contributed by atoms with Gasteiger partial charge in [-0.1, -0.05) is 105 Å². The van der Waals surface area contributed by atoms with Crippen molar-refractivity contribution in [1.29, 1.82) is 0 Å². The molecule has 5 aromatic carbocycles. The van der Waals surface area contributed by atoms with Crippen molar-refractivity contribution in [2.45, 2.75) is 104 Å². The van der Waals surface area contributed by atoms with Crippen molar-refractivity contribution in [1.82, 2.24) is 30.5 Å². The zero-order valence-electron chi connectivity index (χ0n) is 47.5. The third-order valence-electron chi connectivity index (χ3n) is 15.6. The van der Waals surface area contributed by atoms with E-state index in [4.69, 9.17) is 4.74 Å². The Balaban J connectivity index is 0.775. The monoisotopic (exact) mass is 1190 g/mol. The zero-order chi connectivity index (χ0) is 60.5. The molecule has 8 aromatic rings. The van der Waals surface area contributed by atoms with Crippen LogP contribution in [0.15, 0.2) is 127 Å². The summed E-state index contributed by atoms with van der Waals surface area (Å²) in [6.45, 7) is 11.1. The SMILES string of the molecule is Cc1ncsc1-c1ccc([C@H](C)NC(=O)[C@@H]2C[C@@H](O)CN2C(=O)C(NC(=O)CC(Cc2ccc(Oc3cccc(-c4ccc(N5CCc6cccc(C(=O)Nc7nc8ccccc8s7)c6C5)nc4C(=O)O)c3C)cc2)C(F)(F)F)C(C)(C)C)cc1. The lowest BCUT2D eigenvalue weighted by Gasteiger charge is -2.36. The number of anilines is 2. The molecular formula is C64H63F3N8O8S2. The van der Waals surface area contributed by atoms with Gasteiger partial charge in [0.15, 0.2) is 10.8 Å². The van der Waals surface area contributed by atoms with Gasteiger partial charge in [-0.2, -0.15) is 13.2 Å². The van der Waals surface area contributed by atoms with Crippen LogP contribution in [0.5, 0.6) is 11.5 Å². The average Bonchev–Trinajstić information content (AvgIpc) is 3.03. The maximum absolute atomic E-state index is 14.8. The molecular weight excluding hydrogens is 1130 g/mol. The van der Waals surface area contributed by atoms with Crippen LogP contribution in [0.25, 0.3) is 31.8 Å². The van der Waals surface area contributed by atoms with Crippen LogP contribution >= 0.6 is 22.7 Å². The fraction of sp³-hybridized carbons (Fsp3) is 0.312. The Hall–Kier alpha value is -8.53. The lowest BCUT2D eigenvalue weighted by atomic mass is 9.85. The number of benzene rings is 5. The van der Waals surface area contributed by atoms with E-state index in [-0.39, 0.29) is 35.9 Å². The first-order chi connectivity index (χ1) is 40.5. The quantitative estimate of drug-likeness (QED) is 0.0576. The number of thiazole rings is 2. The smallest absolute Gasteiger partial charge is 0.392 e. The molecule has 0 aliphatic carbocycles. The molecule has 0 radical (unpaired) electrons. The average molecular weight is 1190 g/mol. The summed E-state index contributed by atoms with van der Waals surface area (Å²) in [4.78, 5) is 86.1. The third-order valence-corrected chi connectivity index (χ3v) is 17.5. The summed E-state index contributed by atoms with van der Waals surface area (Å²) in [6.07, 6.45) is -6.91. The highest BCUT2D eigenvalue weighted by molar-refractivity contribution is 7.22. The summed E-state index contributed by atoms with van der Waals surface area (Å²) in [6, 6.07) is 32.5. The van der Waals surface area contributed by atoms with Crippen LogP contribution in [0, 0.1) is 25.2 Å². The fourth-order valence-corrected chi connectivity index (χ4v) is 12.6. The highest BCUT2D eigenvalue weighted by Crippen LogP contribution is 2.39. The number of aryl methyl sites for hydroxylation is 1. The molecule has 5 heterocycles. The molecule has 5 N–H and O–H groups in total. The van der Waals surface area contributed by atoms with Crippen LogP contribution in [0.3, 0.4) is 0 Å². The number of β-amino-alcohol motifs (C(OH)–C–C–N with tert-alkyl or cyclic N) is 1. The van der Waals surface area contributed by atoms with E-state index < -0.39 is 78.3 Å². The highest BCUT2D eigenvalue weighted by atomic mass is 32.1. The summed E-state index contributed by atoms with van der Waals surface area (Å²) >= 11 is 2.90. The number of halogens is 3. The van der Waals surface area contributed by atoms with Crippen molar-refractivity contribution in [2.24, 2.45) is 11.3 Å². The molecule has 10 rings (SSSR count). The van der Waals surface area contributed by atoms with Crippen LogP contribution < -0.4 is 25.6 Å². The predicted octanol–water partition coefficient (Wildman–Crippen LogP) is 11.9. The van der Waals surface area contributed by atoms with Gasteiger partial charge < -0.3 is 35.4 Å². The van der Waals surface area contributed by atoms with Gasteiger partial charge in [0.1, 0.15) is 29.4 Å². The predicted molar refractivity (Wildman–Crippen MR) is 321 cm³/mol. The number of hydrogen-bond donors (Lipinski definition) is 5. The number of aliphatic hydroxyl groups excluding tert-OH is 1. The molecule has 2 unspecified atom stereocenters. The van der Waals surface area contributed by atoms with Gasteiger partial charge in [-0.15, -0.1) is 11.3 Å². The molecule has 4 amide bonds. The van der Waals surface area contributed by atoms with Gasteiger partial charge in [0.25, 0.3) is 5.91 Å². The number of carbonyl (C=O) groups excluding carboxylic acids is 4. The van der Waals surface area contributed by atoms with E-state index in [1.807, 2.05) is 72.5 Å². The maximum atomic E-state index is 14.8. The van der Waals surface area contributed by atoms with E-state index in [1.165, 1.54) is 51.8 Å². The lowest BCUT2D eigenvalue weighted by molar-refractivity contribution is -0.179. The summed E-state index contributed by atoms with van der Waals surface area (Å²) < 4.78 is 51.6. The van der Waals surface area contributed by atoms with Crippen LogP contribution in [0.4, 0.5) is 24.1 Å². The van der Waals surface area contributed by atoms with Crippen LogP contribution in [-0.2, 0) is 33.8 Å². The fourth-order valence-electron chi connectivity index (χ4n) is 11.0. The molecule has 5 atom stereocenters. The number of nitrogens with zero attached hydrogens (tertiary/aromatic N) is 5. The zero-order valence-corrected chi connectivity index (χ0v) is 49.1. The van der Waals surface area contributed by atoms with Crippen molar-refractivity contribution < 1.29 is 52.1 Å². The third kappa shape index (κ3) is 13.4. The number of nitrogens with one attached hydrogen (secondary N) is 3. The van der Waals surface area contributed by atoms with Crippen molar-refractivity contribution in [2.75, 3.05) is 23.3 Å². The molecule has 0 bridgehead atoms. The largest absolute Gasteiger partial charge is 0.476 e. The van der Waals surface area contributed by atoms with Gasteiger partial charge in [0.2, 0.25) is 17.7 Å². The Morgan fingerprint density at radius 3 is 2.28 bits per heavy atom. The second kappa shape index (κ2) is 24.6. The number of fused-ring (bicyclic) bond motifs is 2. The van der Waals surface area contributed by atoms with Gasteiger partial charge in [-0.05, 0) is 127 Å². The molecule has 440 valence electrons. The van der Waals surface area contributed by atoms with Gasteiger partial charge in [-0.3, -0.25) is 24.5 Å². The number of aromatic nitrogens is 3. The second-order valence-electron chi connectivity index (χ2n) is 22.6. The number of pyridine rings is 1. The number of amides is 4. The Morgan fingerprint density at radius 2 is 1.59 bits per heavy atom. The molecule has 16 nitrogen and oxygen atoms in total. The maximum Gasteiger partial charge on any atom is 0.392 e. The number of rotatable bonds is 17. The number of hydrogen-bond acceptors (Lipinski definition) is 13. The minimum absolute atomic E-state index is 0.0679. The molecule has 2 aliphatic heterocycles. The molecule has 0 spiro atoms. The number of aliphatic hydroxyl groups is 1. The summed E-state index contributed by atoms with van der Waals surface area (Å²) in [5.41, 5.74) is 8.02. The van der Waals surface area contributed by atoms with Crippen LogP contribution in [0.1, 0.15) is 101 Å². The Labute approximate surface area is 497 Å². The van der Waals surface area contributed by atoms with Crippen LogP contribution in [-0.4, -0.2) is 97.1 Å². The molecule has 2 aliphatic rings. The molecule has 0 saturated carbocycles. The highest BCUT2D eigenvalue weighted by Gasteiger charge is 2.46. The summed E-state index contributed by atoms with van der Waals surface area (Å²) in [7, 11) is 0. The Bertz CT molecular complexity index is 3790. The number of carbonyl (C=O) groups is 5. The van der Waals surface area contributed by atoms with E-state index in [2.05, 4.69) is 30.9 Å². The minimum Gasteiger partial charge on any atom is -0.476 e. The molecule has 21 heteroatoms. The number of ether oxygens (including phenoxy) is 1. The number of carboxylic acids is 1. The van der Waals surface area contributed by atoms with E-state index in [0.717, 1.165) is 43.0 Å². The number of para-hydroxylation sites is 1. The van der Waals surface area contributed by atoms with E-state index >= 15 is 0 Å². The lowest BCUT2D eigenvalue weighted by Crippen LogP contribution is -2.58. The number of likely N-dealkylation sites (tertiary alicyclic amines) is 1. The molecule has 1 saturated heterocycles.